The predicted molar refractivity (Wildman–Crippen MR) is 117 cm³/mol. The maximum absolute atomic E-state index is 9.00. The lowest BCUT2D eigenvalue weighted by Gasteiger charge is -2.39. The van der Waals surface area contributed by atoms with Crippen LogP contribution in [0.3, 0.4) is 0 Å². The van der Waals surface area contributed by atoms with Gasteiger partial charge in [-0.05, 0) is 26.0 Å². The van der Waals surface area contributed by atoms with Gasteiger partial charge in [-0.2, -0.15) is 0 Å². The van der Waals surface area contributed by atoms with E-state index >= 15 is 0 Å². The molecule has 1 fully saturated rings. The largest absolute Gasteiger partial charge is 0.489 e. The second-order valence-corrected chi connectivity index (χ2v) is 8.03. The maximum atomic E-state index is 9.00. The van der Waals surface area contributed by atoms with Crippen molar-refractivity contribution < 1.29 is 14.3 Å². The molecule has 0 aliphatic carbocycles. The average Bonchev–Trinajstić information content (AvgIpc) is 3.03. The number of aliphatic hydroxyl groups excluding tert-OH is 1. The Kier molecular flexibility index (Phi) is 6.34. The van der Waals surface area contributed by atoms with Crippen molar-refractivity contribution in [1.29, 1.82) is 5.41 Å². The summed E-state index contributed by atoms with van der Waals surface area (Å²) in [5.41, 5.74) is 2.79. The summed E-state index contributed by atoms with van der Waals surface area (Å²) >= 11 is 0. The monoisotopic (exact) mass is 399 g/mol. The predicted octanol–water partition coefficient (Wildman–Crippen LogP) is 2.26. The van der Waals surface area contributed by atoms with Crippen LogP contribution in [0.25, 0.3) is 5.52 Å². The van der Waals surface area contributed by atoms with Gasteiger partial charge in [0.1, 0.15) is 18.1 Å². The van der Waals surface area contributed by atoms with E-state index in [1.807, 2.05) is 35.8 Å². The Bertz CT molecular complexity index is 934. The summed E-state index contributed by atoms with van der Waals surface area (Å²) in [6.07, 6.45) is 3.68. The molecule has 0 saturated carbocycles. The van der Waals surface area contributed by atoms with Crippen molar-refractivity contribution in [3.05, 3.63) is 36.2 Å². The summed E-state index contributed by atoms with van der Waals surface area (Å²) in [7, 11) is 4.51. The number of aliphatic hydroxyl groups is 1. The number of hydrogen-bond donors (Lipinski definition) is 2. The van der Waals surface area contributed by atoms with Crippen LogP contribution in [0.2, 0.25) is 0 Å². The van der Waals surface area contributed by atoms with Gasteiger partial charge in [-0.1, -0.05) is 6.07 Å². The highest BCUT2D eigenvalue weighted by Gasteiger charge is 2.28. The maximum Gasteiger partial charge on any atom is 0.178 e. The van der Waals surface area contributed by atoms with Crippen molar-refractivity contribution in [3.63, 3.8) is 0 Å². The summed E-state index contributed by atoms with van der Waals surface area (Å²) in [5, 5.41) is 21.7. The van der Waals surface area contributed by atoms with Crippen molar-refractivity contribution in [2.75, 3.05) is 58.4 Å². The van der Waals surface area contributed by atoms with Crippen LogP contribution >= 0.6 is 0 Å². The number of pyridine rings is 1. The first kappa shape index (κ1) is 21.0. The average molecular weight is 400 g/mol. The van der Waals surface area contributed by atoms with Crippen LogP contribution in [0.5, 0.6) is 0 Å². The fourth-order valence-electron chi connectivity index (χ4n) is 3.32. The Balaban J connectivity index is 1.99. The van der Waals surface area contributed by atoms with Gasteiger partial charge in [0.2, 0.25) is 0 Å². The SMILES string of the molecule is CC(=N)/C(=C\C(C)=Nc1c(N2CC[N+](C)(C)CC2)nn2ccccc12)OCCO. The second kappa shape index (κ2) is 8.75. The van der Waals surface area contributed by atoms with Crippen LogP contribution in [0.1, 0.15) is 13.8 Å². The number of nitrogens with zero attached hydrogens (tertiary/aromatic N) is 5. The number of aromatic nitrogens is 2. The van der Waals surface area contributed by atoms with Gasteiger partial charge in [0.05, 0.1) is 58.1 Å². The highest BCUT2D eigenvalue weighted by Crippen LogP contribution is 2.33. The number of anilines is 1. The molecular weight excluding hydrogens is 368 g/mol. The first-order valence-electron chi connectivity index (χ1n) is 9.91. The van der Waals surface area contributed by atoms with Gasteiger partial charge in [-0.15, -0.1) is 5.10 Å². The van der Waals surface area contributed by atoms with Crippen LogP contribution in [0, 0.1) is 5.41 Å². The molecule has 156 valence electrons. The van der Waals surface area contributed by atoms with Gasteiger partial charge >= 0.3 is 0 Å². The molecule has 8 nitrogen and oxygen atoms in total. The number of ether oxygens (including phenoxy) is 1. The lowest BCUT2D eigenvalue weighted by Crippen LogP contribution is -2.55. The number of hydrogen-bond acceptors (Lipinski definition) is 6. The zero-order valence-corrected chi connectivity index (χ0v) is 17.7. The quantitative estimate of drug-likeness (QED) is 0.425. The molecule has 2 N–H and O–H groups in total. The highest BCUT2D eigenvalue weighted by molar-refractivity contribution is 6.04. The summed E-state index contributed by atoms with van der Waals surface area (Å²) in [6, 6.07) is 5.96. The molecule has 0 spiro atoms. The summed E-state index contributed by atoms with van der Waals surface area (Å²) in [4.78, 5) is 7.16. The normalized spacial score (nSPS) is 17.6. The second-order valence-electron chi connectivity index (χ2n) is 8.03. The van der Waals surface area contributed by atoms with Crippen molar-refractivity contribution in [3.8, 4) is 0 Å². The molecule has 0 atom stereocenters. The zero-order valence-electron chi connectivity index (χ0n) is 17.7. The van der Waals surface area contributed by atoms with Gasteiger partial charge in [-0.25, -0.2) is 9.51 Å². The van der Waals surface area contributed by atoms with E-state index in [9.17, 15) is 0 Å². The smallest absolute Gasteiger partial charge is 0.178 e. The molecule has 3 rings (SSSR count). The first-order valence-corrected chi connectivity index (χ1v) is 9.91. The number of nitrogens with one attached hydrogen (secondary N) is 1. The minimum Gasteiger partial charge on any atom is -0.489 e. The van der Waals surface area contributed by atoms with Gasteiger partial charge in [-0.3, -0.25) is 0 Å². The molecule has 1 aliphatic heterocycles. The Hall–Kier alpha value is -2.71. The molecule has 8 heteroatoms. The third kappa shape index (κ3) is 5.02. The van der Waals surface area contributed by atoms with Gasteiger partial charge < -0.3 is 24.6 Å². The van der Waals surface area contributed by atoms with Crippen LogP contribution in [-0.2, 0) is 4.74 Å². The molecule has 1 saturated heterocycles. The molecule has 0 radical (unpaired) electrons. The van der Waals surface area contributed by atoms with E-state index in [0.717, 1.165) is 53.4 Å². The first-order chi connectivity index (χ1) is 13.8. The van der Waals surface area contributed by atoms with Crippen molar-refractivity contribution >= 4 is 28.4 Å². The van der Waals surface area contributed by atoms with Crippen molar-refractivity contribution in [2.45, 2.75) is 13.8 Å². The van der Waals surface area contributed by atoms with E-state index in [-0.39, 0.29) is 13.2 Å². The third-order valence-corrected chi connectivity index (χ3v) is 5.09. The Morgan fingerprint density at radius 1 is 1.31 bits per heavy atom. The molecule has 2 aromatic rings. The summed E-state index contributed by atoms with van der Waals surface area (Å²) in [5.74, 6) is 1.29. The summed E-state index contributed by atoms with van der Waals surface area (Å²) in [6.45, 7) is 7.58. The van der Waals surface area contributed by atoms with Crippen molar-refractivity contribution in [2.24, 2.45) is 4.99 Å². The van der Waals surface area contributed by atoms with E-state index in [4.69, 9.17) is 25.3 Å². The van der Waals surface area contributed by atoms with E-state index in [1.165, 1.54) is 0 Å². The van der Waals surface area contributed by atoms with Crippen LogP contribution in [0.4, 0.5) is 11.5 Å². The van der Waals surface area contributed by atoms with E-state index in [1.54, 1.807) is 13.0 Å². The van der Waals surface area contributed by atoms with E-state index in [0.29, 0.717) is 11.5 Å². The lowest BCUT2D eigenvalue weighted by molar-refractivity contribution is -0.890. The van der Waals surface area contributed by atoms with Gasteiger partial charge in [0, 0.05) is 18.0 Å². The highest BCUT2D eigenvalue weighted by atomic mass is 16.5. The standard InChI is InChI=1S/C21H31N6O2/c1-16(15-19(17(2)22)29-14-13-28)23-20-18-7-5-6-8-26(18)24-21(20)25-9-11-27(3,4)12-10-25/h5-8,15,22,28H,9-14H2,1-4H3/q+1/b19-15+,22-17?,23-16?. The Morgan fingerprint density at radius 2 is 2.03 bits per heavy atom. The third-order valence-electron chi connectivity index (χ3n) is 5.09. The van der Waals surface area contributed by atoms with Crippen molar-refractivity contribution in [1.82, 2.24) is 9.61 Å². The number of quaternary nitrogens is 1. The fourth-order valence-corrected chi connectivity index (χ4v) is 3.32. The molecule has 29 heavy (non-hydrogen) atoms. The number of aliphatic imine (C=N–C) groups is 1. The van der Waals surface area contributed by atoms with Gasteiger partial charge in [0.15, 0.2) is 5.82 Å². The van der Waals surface area contributed by atoms with Crippen LogP contribution in [0.15, 0.2) is 41.2 Å². The fraction of sp³-hybridized carbons (Fsp3) is 0.476. The molecule has 0 unspecified atom stereocenters. The zero-order chi connectivity index (χ0) is 21.0. The molecule has 0 aromatic carbocycles. The Morgan fingerprint density at radius 3 is 2.69 bits per heavy atom. The minimum absolute atomic E-state index is 0.0944. The molecule has 0 bridgehead atoms. The van der Waals surface area contributed by atoms with Gasteiger partial charge in [0.25, 0.3) is 0 Å². The van der Waals surface area contributed by atoms with E-state index in [2.05, 4.69) is 19.0 Å². The molecular formula is C21H31N6O2+. The molecule has 1 aliphatic rings. The number of rotatable bonds is 7. The number of likely N-dealkylation sites (N-methyl/N-ethyl adjacent to an activating group) is 1. The molecule has 0 amide bonds. The minimum atomic E-state index is -0.0944. The lowest BCUT2D eigenvalue weighted by atomic mass is 10.2. The number of fused-ring (bicyclic) bond motifs is 1. The topological polar surface area (TPSA) is 86.2 Å². The molecule has 2 aromatic heterocycles. The number of piperazine rings is 1. The summed E-state index contributed by atoms with van der Waals surface area (Å²) < 4.78 is 8.35. The van der Waals surface area contributed by atoms with Crippen LogP contribution in [-0.4, -0.2) is 84.1 Å². The van der Waals surface area contributed by atoms with Crippen LogP contribution < -0.4 is 4.90 Å². The Labute approximate surface area is 171 Å². The molecule has 3 heterocycles. The van der Waals surface area contributed by atoms with E-state index < -0.39 is 0 Å². The number of allylic oxidation sites excluding steroid dienone is 2.